The van der Waals surface area contributed by atoms with Crippen LogP contribution in [0.25, 0.3) is 0 Å². The molecule has 0 bridgehead atoms. The van der Waals surface area contributed by atoms with Gasteiger partial charge in [-0.25, -0.2) is 0 Å². The van der Waals surface area contributed by atoms with Gasteiger partial charge in [0, 0.05) is 7.11 Å². The molecule has 0 amide bonds. The predicted molar refractivity (Wildman–Crippen MR) is 77.8 cm³/mol. The van der Waals surface area contributed by atoms with Crippen LogP contribution in [0.3, 0.4) is 0 Å². The van der Waals surface area contributed by atoms with Crippen molar-refractivity contribution in [2.75, 3.05) is 20.2 Å². The topological polar surface area (TPSA) is 41.5 Å². The van der Waals surface area contributed by atoms with E-state index >= 15 is 0 Å². The van der Waals surface area contributed by atoms with Gasteiger partial charge in [0.25, 0.3) is 0 Å². The number of rotatable bonds is 11. The van der Waals surface area contributed by atoms with Gasteiger partial charge in [-0.05, 0) is 51.6 Å². The van der Waals surface area contributed by atoms with Crippen LogP contribution in [0.15, 0.2) is 12.2 Å². The Morgan fingerprint density at radius 2 is 2.00 bits per heavy atom. The van der Waals surface area contributed by atoms with Crippen molar-refractivity contribution < 1.29 is 9.84 Å². The molecule has 0 heterocycles. The quantitative estimate of drug-likeness (QED) is 0.442. The van der Waals surface area contributed by atoms with Gasteiger partial charge in [0.2, 0.25) is 0 Å². The highest BCUT2D eigenvalue weighted by atomic mass is 16.5. The number of ether oxygens (including phenoxy) is 1. The summed E-state index contributed by atoms with van der Waals surface area (Å²) in [6, 6.07) is 0. The first-order valence-corrected chi connectivity index (χ1v) is 7.20. The summed E-state index contributed by atoms with van der Waals surface area (Å²) in [5, 5.41) is 13.3. The molecule has 0 fully saturated rings. The molecule has 108 valence electrons. The summed E-state index contributed by atoms with van der Waals surface area (Å²) in [4.78, 5) is 0. The van der Waals surface area contributed by atoms with Crippen molar-refractivity contribution in [1.29, 1.82) is 0 Å². The molecule has 0 aliphatic rings. The van der Waals surface area contributed by atoms with Crippen LogP contribution >= 0.6 is 0 Å². The molecule has 0 aromatic heterocycles. The monoisotopic (exact) mass is 257 g/mol. The number of hydrogen-bond acceptors (Lipinski definition) is 3. The van der Waals surface area contributed by atoms with Crippen LogP contribution in [-0.4, -0.2) is 37.5 Å². The molecular formula is C15H31NO2. The van der Waals surface area contributed by atoms with Gasteiger partial charge in [-0.15, -0.1) is 0 Å². The third-order valence-corrected chi connectivity index (χ3v) is 3.20. The van der Waals surface area contributed by atoms with E-state index in [0.29, 0.717) is 0 Å². The molecule has 0 saturated heterocycles. The van der Waals surface area contributed by atoms with Crippen LogP contribution in [0, 0.1) is 5.92 Å². The Labute approximate surface area is 113 Å². The summed E-state index contributed by atoms with van der Waals surface area (Å²) in [7, 11) is 1.72. The molecule has 0 aromatic carbocycles. The summed E-state index contributed by atoms with van der Waals surface area (Å²) in [5.41, 5.74) is 0. The lowest BCUT2D eigenvalue weighted by Gasteiger charge is -2.15. The van der Waals surface area contributed by atoms with Gasteiger partial charge in [0.05, 0.1) is 12.2 Å². The zero-order chi connectivity index (χ0) is 13.8. The minimum atomic E-state index is -0.234. The summed E-state index contributed by atoms with van der Waals surface area (Å²) >= 11 is 0. The Kier molecular flexibility index (Phi) is 11.4. The Morgan fingerprint density at radius 3 is 2.61 bits per heavy atom. The second kappa shape index (κ2) is 11.7. The van der Waals surface area contributed by atoms with Crippen LogP contribution in [0.1, 0.15) is 46.5 Å². The molecule has 0 aliphatic carbocycles. The lowest BCUT2D eigenvalue weighted by Crippen LogP contribution is -2.20. The predicted octanol–water partition coefficient (Wildman–Crippen LogP) is 2.74. The minimum absolute atomic E-state index is 0.222. The number of methoxy groups -OCH3 is 1. The van der Waals surface area contributed by atoms with Crippen LogP contribution < -0.4 is 5.32 Å². The summed E-state index contributed by atoms with van der Waals surface area (Å²) < 4.78 is 5.17. The molecule has 0 saturated carbocycles. The Bertz CT molecular complexity index is 207. The summed E-state index contributed by atoms with van der Waals surface area (Å²) in [5.74, 6) is 0.222. The first kappa shape index (κ1) is 17.6. The molecule has 3 atom stereocenters. The number of aliphatic hydroxyl groups is 1. The van der Waals surface area contributed by atoms with Crippen LogP contribution in [-0.2, 0) is 4.74 Å². The number of hydrogen-bond donors (Lipinski definition) is 2. The standard InChI is InChI=1S/C15H31NO2/c1-5-11-16-12-7-10-15(17)13(2)8-6-9-14(3)18-4/h6,8,13-17H,5,7,9-12H2,1-4H3/b8-6-/t13-,14+,15+/m0/s1. The van der Waals surface area contributed by atoms with E-state index < -0.39 is 0 Å². The molecule has 0 unspecified atom stereocenters. The second-order valence-electron chi connectivity index (χ2n) is 5.03. The highest BCUT2D eigenvalue weighted by Crippen LogP contribution is 2.11. The maximum atomic E-state index is 9.99. The van der Waals surface area contributed by atoms with Crippen molar-refractivity contribution in [3.8, 4) is 0 Å². The maximum Gasteiger partial charge on any atom is 0.0600 e. The first-order chi connectivity index (χ1) is 8.61. The third-order valence-electron chi connectivity index (χ3n) is 3.20. The van der Waals surface area contributed by atoms with E-state index in [1.807, 2.05) is 6.92 Å². The van der Waals surface area contributed by atoms with Crippen molar-refractivity contribution in [2.45, 2.75) is 58.7 Å². The smallest absolute Gasteiger partial charge is 0.0600 e. The molecule has 18 heavy (non-hydrogen) atoms. The lowest BCUT2D eigenvalue weighted by molar-refractivity contribution is 0.118. The minimum Gasteiger partial charge on any atom is -0.393 e. The largest absolute Gasteiger partial charge is 0.393 e. The van der Waals surface area contributed by atoms with Crippen LogP contribution in [0.4, 0.5) is 0 Å². The fourth-order valence-corrected chi connectivity index (χ4v) is 1.71. The Morgan fingerprint density at radius 1 is 1.28 bits per heavy atom. The van der Waals surface area contributed by atoms with E-state index in [-0.39, 0.29) is 18.1 Å². The van der Waals surface area contributed by atoms with Crippen molar-refractivity contribution in [3.63, 3.8) is 0 Å². The molecule has 2 N–H and O–H groups in total. The normalized spacial score (nSPS) is 16.9. The molecule has 0 aliphatic heterocycles. The second-order valence-corrected chi connectivity index (χ2v) is 5.03. The molecule has 3 nitrogen and oxygen atoms in total. The molecule has 0 rings (SSSR count). The fourth-order valence-electron chi connectivity index (χ4n) is 1.71. The molecule has 0 spiro atoms. The average Bonchev–Trinajstić information content (AvgIpc) is 2.37. The molecule has 3 heteroatoms. The van der Waals surface area contributed by atoms with Gasteiger partial charge in [0.15, 0.2) is 0 Å². The Balaban J connectivity index is 3.65. The van der Waals surface area contributed by atoms with Crippen LogP contribution in [0.2, 0.25) is 0 Å². The molecule has 0 radical (unpaired) electrons. The van der Waals surface area contributed by atoms with Gasteiger partial charge < -0.3 is 15.2 Å². The van der Waals surface area contributed by atoms with E-state index in [9.17, 15) is 5.11 Å². The van der Waals surface area contributed by atoms with E-state index in [4.69, 9.17) is 4.74 Å². The summed E-state index contributed by atoms with van der Waals surface area (Å²) in [6.07, 6.45) is 8.20. The number of nitrogens with one attached hydrogen (secondary N) is 1. The van der Waals surface area contributed by atoms with Crippen molar-refractivity contribution >= 4 is 0 Å². The van der Waals surface area contributed by atoms with Gasteiger partial charge in [-0.1, -0.05) is 26.0 Å². The fraction of sp³-hybridized carbons (Fsp3) is 0.867. The van der Waals surface area contributed by atoms with Crippen molar-refractivity contribution in [3.05, 3.63) is 12.2 Å². The van der Waals surface area contributed by atoms with Crippen molar-refractivity contribution in [2.24, 2.45) is 5.92 Å². The van der Waals surface area contributed by atoms with Gasteiger partial charge in [-0.2, -0.15) is 0 Å². The van der Waals surface area contributed by atoms with Gasteiger partial charge in [-0.3, -0.25) is 0 Å². The van der Waals surface area contributed by atoms with E-state index in [1.165, 1.54) is 6.42 Å². The van der Waals surface area contributed by atoms with Crippen LogP contribution in [0.5, 0.6) is 0 Å². The summed E-state index contributed by atoms with van der Waals surface area (Å²) in [6.45, 7) is 8.35. The SMILES string of the molecule is CCCNCCC[C@@H](O)[C@@H](C)/C=C\C[C@@H](C)OC. The molecule has 0 aromatic rings. The van der Waals surface area contributed by atoms with Gasteiger partial charge >= 0.3 is 0 Å². The number of aliphatic hydroxyl groups excluding tert-OH is 1. The van der Waals surface area contributed by atoms with E-state index in [1.54, 1.807) is 7.11 Å². The first-order valence-electron chi connectivity index (χ1n) is 7.20. The lowest BCUT2D eigenvalue weighted by atomic mass is 9.99. The Hall–Kier alpha value is -0.380. The van der Waals surface area contributed by atoms with E-state index in [0.717, 1.165) is 32.4 Å². The van der Waals surface area contributed by atoms with E-state index in [2.05, 4.69) is 31.3 Å². The molecular weight excluding hydrogens is 226 g/mol. The average molecular weight is 257 g/mol. The zero-order valence-corrected chi connectivity index (χ0v) is 12.5. The van der Waals surface area contributed by atoms with Gasteiger partial charge in [0.1, 0.15) is 0 Å². The highest BCUT2D eigenvalue weighted by Gasteiger charge is 2.10. The maximum absolute atomic E-state index is 9.99. The highest BCUT2D eigenvalue weighted by molar-refractivity contribution is 4.90. The third kappa shape index (κ3) is 9.63. The van der Waals surface area contributed by atoms with Crippen molar-refractivity contribution in [1.82, 2.24) is 5.32 Å². The zero-order valence-electron chi connectivity index (χ0n) is 12.5.